The lowest BCUT2D eigenvalue weighted by Gasteiger charge is -2.34. The number of amides is 1. The highest BCUT2D eigenvalue weighted by Crippen LogP contribution is 2.24. The second-order valence-corrected chi connectivity index (χ2v) is 8.98. The summed E-state index contributed by atoms with van der Waals surface area (Å²) in [5.41, 5.74) is -0.529. The molecule has 156 valence electrons. The van der Waals surface area contributed by atoms with Crippen LogP contribution >= 0.6 is 0 Å². The first kappa shape index (κ1) is 21.8. The molecule has 27 heavy (non-hydrogen) atoms. The molecule has 0 spiro atoms. The lowest BCUT2D eigenvalue weighted by molar-refractivity contribution is 0.0162. The van der Waals surface area contributed by atoms with Gasteiger partial charge in [-0.3, -0.25) is 4.99 Å². The third-order valence-electron chi connectivity index (χ3n) is 5.17. The van der Waals surface area contributed by atoms with Crippen molar-refractivity contribution in [1.82, 2.24) is 15.5 Å². The van der Waals surface area contributed by atoms with Crippen molar-refractivity contribution in [3.63, 3.8) is 0 Å². The number of carbonyl (C=O) groups is 1. The highest BCUT2D eigenvalue weighted by atomic mass is 16.6. The molecule has 2 unspecified atom stereocenters. The minimum absolute atomic E-state index is 0.0884. The van der Waals surface area contributed by atoms with E-state index in [4.69, 9.17) is 9.47 Å². The van der Waals surface area contributed by atoms with Crippen LogP contribution in [0.3, 0.4) is 0 Å². The SMILES string of the molecule is CN=C(NCCC1CCCN(C(=O)OC(C)(C)C)C1)NCC1(C)CCCO1. The van der Waals surface area contributed by atoms with Gasteiger partial charge in [0.05, 0.1) is 5.60 Å². The summed E-state index contributed by atoms with van der Waals surface area (Å²) in [7, 11) is 1.79. The van der Waals surface area contributed by atoms with Crippen molar-refractivity contribution in [2.45, 2.75) is 71.0 Å². The van der Waals surface area contributed by atoms with Crippen LogP contribution in [0.4, 0.5) is 4.79 Å². The summed E-state index contributed by atoms with van der Waals surface area (Å²) in [6.07, 6.45) is 5.21. The van der Waals surface area contributed by atoms with E-state index in [1.165, 1.54) is 0 Å². The first-order valence-corrected chi connectivity index (χ1v) is 10.3. The lowest BCUT2D eigenvalue weighted by atomic mass is 9.95. The number of nitrogens with one attached hydrogen (secondary N) is 2. The molecule has 0 aromatic heterocycles. The quantitative estimate of drug-likeness (QED) is 0.565. The maximum atomic E-state index is 12.3. The Morgan fingerprint density at radius 3 is 2.74 bits per heavy atom. The van der Waals surface area contributed by atoms with Crippen LogP contribution in [0, 0.1) is 5.92 Å². The maximum Gasteiger partial charge on any atom is 0.410 e. The molecule has 2 heterocycles. The van der Waals surface area contributed by atoms with Crippen molar-refractivity contribution in [2.75, 3.05) is 39.8 Å². The molecule has 2 atom stereocenters. The van der Waals surface area contributed by atoms with Crippen molar-refractivity contribution >= 4 is 12.1 Å². The Hall–Kier alpha value is -1.50. The molecular weight excluding hydrogens is 344 g/mol. The van der Waals surface area contributed by atoms with Gasteiger partial charge in [-0.2, -0.15) is 0 Å². The van der Waals surface area contributed by atoms with Gasteiger partial charge in [0.1, 0.15) is 5.60 Å². The average molecular weight is 383 g/mol. The Labute approximate surface area is 164 Å². The topological polar surface area (TPSA) is 75.2 Å². The molecule has 2 N–H and O–H groups in total. The number of aliphatic imine (C=N–C) groups is 1. The number of piperidine rings is 1. The van der Waals surface area contributed by atoms with Crippen LogP contribution in [0.5, 0.6) is 0 Å². The molecule has 0 aliphatic carbocycles. The van der Waals surface area contributed by atoms with E-state index >= 15 is 0 Å². The van der Waals surface area contributed by atoms with Gasteiger partial charge in [0.15, 0.2) is 5.96 Å². The average Bonchev–Trinajstić information content (AvgIpc) is 3.03. The minimum Gasteiger partial charge on any atom is -0.444 e. The number of hydrogen-bond donors (Lipinski definition) is 2. The zero-order chi connectivity index (χ0) is 19.9. The first-order valence-electron chi connectivity index (χ1n) is 10.3. The predicted octanol–water partition coefficient (Wildman–Crippen LogP) is 2.76. The lowest BCUT2D eigenvalue weighted by Crippen LogP contribution is -2.46. The predicted molar refractivity (Wildman–Crippen MR) is 108 cm³/mol. The Kier molecular flexibility index (Phi) is 7.77. The van der Waals surface area contributed by atoms with E-state index in [2.05, 4.69) is 22.5 Å². The summed E-state index contributed by atoms with van der Waals surface area (Å²) in [5.74, 6) is 1.30. The van der Waals surface area contributed by atoms with Gasteiger partial charge in [0.25, 0.3) is 0 Å². The molecule has 0 aromatic carbocycles. The summed E-state index contributed by atoms with van der Waals surface area (Å²) >= 11 is 0. The smallest absolute Gasteiger partial charge is 0.410 e. The van der Waals surface area contributed by atoms with Crippen molar-refractivity contribution in [3.8, 4) is 0 Å². The van der Waals surface area contributed by atoms with Gasteiger partial charge in [0, 0.05) is 39.8 Å². The van der Waals surface area contributed by atoms with Crippen molar-refractivity contribution in [2.24, 2.45) is 10.9 Å². The molecule has 2 aliphatic rings. The van der Waals surface area contributed by atoms with Crippen molar-refractivity contribution in [1.29, 1.82) is 0 Å². The van der Waals surface area contributed by atoms with Gasteiger partial charge in [-0.25, -0.2) is 4.79 Å². The number of carbonyl (C=O) groups excluding carboxylic acids is 1. The molecule has 2 rings (SSSR count). The van der Waals surface area contributed by atoms with Gasteiger partial charge in [0.2, 0.25) is 0 Å². The van der Waals surface area contributed by atoms with Gasteiger partial charge in [-0.15, -0.1) is 0 Å². The molecule has 0 bridgehead atoms. The summed E-state index contributed by atoms with van der Waals surface area (Å²) < 4.78 is 11.3. The van der Waals surface area contributed by atoms with Gasteiger partial charge >= 0.3 is 6.09 Å². The van der Waals surface area contributed by atoms with Crippen LogP contribution in [0.25, 0.3) is 0 Å². The Morgan fingerprint density at radius 2 is 2.11 bits per heavy atom. The zero-order valence-corrected chi connectivity index (χ0v) is 17.8. The van der Waals surface area contributed by atoms with E-state index in [0.717, 1.165) is 70.8 Å². The first-order chi connectivity index (χ1) is 12.7. The van der Waals surface area contributed by atoms with E-state index in [-0.39, 0.29) is 11.7 Å². The van der Waals surface area contributed by atoms with Crippen LogP contribution in [0.2, 0.25) is 0 Å². The summed E-state index contributed by atoms with van der Waals surface area (Å²) in [6.45, 7) is 11.9. The highest BCUT2D eigenvalue weighted by molar-refractivity contribution is 5.79. The Bertz CT molecular complexity index is 510. The van der Waals surface area contributed by atoms with E-state index in [1.807, 2.05) is 25.7 Å². The fraction of sp³-hybridized carbons (Fsp3) is 0.900. The molecule has 7 nitrogen and oxygen atoms in total. The van der Waals surface area contributed by atoms with Crippen LogP contribution in [-0.4, -0.2) is 68.0 Å². The molecular formula is C20H38N4O3. The molecule has 7 heteroatoms. The molecule has 2 fully saturated rings. The molecule has 2 saturated heterocycles. The monoisotopic (exact) mass is 382 g/mol. The minimum atomic E-state index is -0.441. The van der Waals surface area contributed by atoms with E-state index in [9.17, 15) is 4.79 Å². The number of nitrogens with zero attached hydrogens (tertiary/aromatic N) is 2. The third-order valence-corrected chi connectivity index (χ3v) is 5.17. The van der Waals surface area contributed by atoms with Crippen LogP contribution in [0.15, 0.2) is 4.99 Å². The summed E-state index contributed by atoms with van der Waals surface area (Å²) in [4.78, 5) is 18.4. The summed E-state index contributed by atoms with van der Waals surface area (Å²) in [5, 5.41) is 6.76. The fourth-order valence-electron chi connectivity index (χ4n) is 3.66. The molecule has 0 radical (unpaired) electrons. The largest absolute Gasteiger partial charge is 0.444 e. The molecule has 0 saturated carbocycles. The summed E-state index contributed by atoms with van der Waals surface area (Å²) in [6, 6.07) is 0. The van der Waals surface area contributed by atoms with Crippen LogP contribution in [0.1, 0.15) is 59.8 Å². The van der Waals surface area contributed by atoms with E-state index in [0.29, 0.717) is 5.92 Å². The number of likely N-dealkylation sites (tertiary alicyclic amines) is 1. The fourth-order valence-corrected chi connectivity index (χ4v) is 3.66. The Balaban J connectivity index is 1.69. The highest BCUT2D eigenvalue weighted by Gasteiger charge is 2.30. The molecule has 0 aromatic rings. The number of hydrogen-bond acceptors (Lipinski definition) is 4. The maximum absolute atomic E-state index is 12.3. The Morgan fingerprint density at radius 1 is 1.33 bits per heavy atom. The second kappa shape index (κ2) is 9.62. The number of guanidine groups is 1. The zero-order valence-electron chi connectivity index (χ0n) is 17.8. The number of ether oxygens (including phenoxy) is 2. The van der Waals surface area contributed by atoms with Crippen LogP contribution < -0.4 is 10.6 Å². The van der Waals surface area contributed by atoms with E-state index < -0.39 is 5.60 Å². The van der Waals surface area contributed by atoms with Crippen molar-refractivity contribution < 1.29 is 14.3 Å². The third kappa shape index (κ3) is 7.56. The van der Waals surface area contributed by atoms with Gasteiger partial charge in [-0.1, -0.05) is 0 Å². The van der Waals surface area contributed by atoms with Gasteiger partial charge in [-0.05, 0) is 65.7 Å². The van der Waals surface area contributed by atoms with Crippen LogP contribution in [-0.2, 0) is 9.47 Å². The second-order valence-electron chi connectivity index (χ2n) is 8.98. The van der Waals surface area contributed by atoms with Gasteiger partial charge < -0.3 is 25.0 Å². The molecule has 1 amide bonds. The van der Waals surface area contributed by atoms with E-state index in [1.54, 1.807) is 7.05 Å². The number of rotatable bonds is 5. The molecule has 2 aliphatic heterocycles. The van der Waals surface area contributed by atoms with Crippen molar-refractivity contribution in [3.05, 3.63) is 0 Å². The standard InChI is InChI=1S/C20H38N4O3/c1-19(2,3)27-18(25)24-12-6-8-16(14-24)9-11-22-17(21-5)23-15-20(4)10-7-13-26-20/h16H,6-15H2,1-5H3,(H2,21,22,23). The normalized spacial score (nSPS) is 26.8.